The van der Waals surface area contributed by atoms with Gasteiger partial charge in [-0.1, -0.05) is 34.8 Å². The summed E-state index contributed by atoms with van der Waals surface area (Å²) in [5.41, 5.74) is 0.634. The van der Waals surface area contributed by atoms with Crippen molar-refractivity contribution in [3.63, 3.8) is 0 Å². The van der Waals surface area contributed by atoms with Crippen molar-refractivity contribution < 1.29 is 0 Å². The van der Waals surface area contributed by atoms with Crippen LogP contribution in [0.3, 0.4) is 0 Å². The summed E-state index contributed by atoms with van der Waals surface area (Å²) in [6, 6.07) is 3.34. The Morgan fingerprint density at radius 2 is 1.71 bits per heavy atom. The molecule has 5 heteroatoms. The SMILES string of the molecule is CN(C)N=Cc1c(Cl)ccc(Cl)c1Cl. The highest BCUT2D eigenvalue weighted by Gasteiger charge is 2.07. The molecule has 0 aromatic heterocycles. The van der Waals surface area contributed by atoms with E-state index in [2.05, 4.69) is 5.10 Å². The molecule has 0 bridgehead atoms. The average Bonchev–Trinajstić information content (AvgIpc) is 2.11. The molecule has 0 radical (unpaired) electrons. The van der Waals surface area contributed by atoms with Crippen molar-refractivity contribution in [2.24, 2.45) is 5.10 Å². The summed E-state index contributed by atoms with van der Waals surface area (Å²) in [6.07, 6.45) is 1.58. The fourth-order valence-electron chi connectivity index (χ4n) is 0.834. The minimum atomic E-state index is 0.421. The second-order valence-electron chi connectivity index (χ2n) is 2.85. The predicted octanol–water partition coefficient (Wildman–Crippen LogP) is 3.54. The fraction of sp³-hybridized carbons (Fsp3) is 0.222. The van der Waals surface area contributed by atoms with E-state index in [0.717, 1.165) is 0 Å². The molecule has 0 atom stereocenters. The van der Waals surface area contributed by atoms with Gasteiger partial charge in [-0.15, -0.1) is 0 Å². The van der Waals surface area contributed by atoms with E-state index in [9.17, 15) is 0 Å². The van der Waals surface area contributed by atoms with Crippen molar-refractivity contribution in [1.29, 1.82) is 0 Å². The molecule has 0 aliphatic heterocycles. The zero-order valence-corrected chi connectivity index (χ0v) is 10.0. The summed E-state index contributed by atoms with van der Waals surface area (Å²) in [5.74, 6) is 0. The lowest BCUT2D eigenvalue weighted by molar-refractivity contribution is 0.440. The number of hydrazone groups is 1. The number of rotatable bonds is 2. The Morgan fingerprint density at radius 1 is 1.14 bits per heavy atom. The Balaban J connectivity index is 3.13. The highest BCUT2D eigenvalue weighted by Crippen LogP contribution is 2.29. The van der Waals surface area contributed by atoms with Crippen LogP contribution < -0.4 is 0 Å². The minimum Gasteiger partial charge on any atom is -0.303 e. The van der Waals surface area contributed by atoms with Crippen LogP contribution in [0.2, 0.25) is 15.1 Å². The normalized spacial score (nSPS) is 10.9. The number of hydrogen-bond acceptors (Lipinski definition) is 2. The molecule has 0 aliphatic rings. The molecule has 2 nitrogen and oxygen atoms in total. The van der Waals surface area contributed by atoms with Crippen molar-refractivity contribution >= 4 is 41.0 Å². The zero-order valence-electron chi connectivity index (χ0n) is 7.76. The van der Waals surface area contributed by atoms with Gasteiger partial charge in [0.25, 0.3) is 0 Å². The van der Waals surface area contributed by atoms with Crippen LogP contribution in [0, 0.1) is 0 Å². The van der Waals surface area contributed by atoms with E-state index in [0.29, 0.717) is 20.6 Å². The molecule has 1 aromatic carbocycles. The first-order valence-corrected chi connectivity index (χ1v) is 5.00. The van der Waals surface area contributed by atoms with Crippen LogP contribution >= 0.6 is 34.8 Å². The van der Waals surface area contributed by atoms with Crippen molar-refractivity contribution in [3.05, 3.63) is 32.8 Å². The van der Waals surface area contributed by atoms with Crippen LogP contribution in [0.5, 0.6) is 0 Å². The van der Waals surface area contributed by atoms with Crippen LogP contribution in [0.1, 0.15) is 5.56 Å². The third-order valence-corrected chi connectivity index (χ3v) is 2.65. The molecule has 0 unspecified atom stereocenters. The highest BCUT2D eigenvalue weighted by atomic mass is 35.5. The smallest absolute Gasteiger partial charge is 0.0695 e. The molecule has 0 spiro atoms. The fourth-order valence-corrected chi connectivity index (χ4v) is 1.47. The third kappa shape index (κ3) is 2.77. The maximum absolute atomic E-state index is 5.96. The van der Waals surface area contributed by atoms with E-state index in [1.807, 2.05) is 14.1 Å². The Hall–Kier alpha value is -0.440. The Labute approximate surface area is 98.1 Å². The number of benzene rings is 1. The number of hydrogen-bond donors (Lipinski definition) is 0. The quantitative estimate of drug-likeness (QED) is 0.446. The first-order valence-electron chi connectivity index (χ1n) is 3.87. The first-order chi connectivity index (χ1) is 6.52. The summed E-state index contributed by atoms with van der Waals surface area (Å²) in [6.45, 7) is 0. The van der Waals surface area contributed by atoms with Crippen LogP contribution in [-0.4, -0.2) is 25.3 Å². The van der Waals surface area contributed by atoms with Gasteiger partial charge in [0.1, 0.15) is 0 Å². The summed E-state index contributed by atoms with van der Waals surface area (Å²) in [4.78, 5) is 0. The summed E-state index contributed by atoms with van der Waals surface area (Å²) in [5, 5.41) is 7.11. The van der Waals surface area contributed by atoms with Gasteiger partial charge >= 0.3 is 0 Å². The van der Waals surface area contributed by atoms with Crippen molar-refractivity contribution in [3.8, 4) is 0 Å². The molecular weight excluding hydrogens is 242 g/mol. The highest BCUT2D eigenvalue weighted by molar-refractivity contribution is 6.45. The van der Waals surface area contributed by atoms with Crippen LogP contribution in [-0.2, 0) is 0 Å². The molecule has 1 rings (SSSR count). The van der Waals surface area contributed by atoms with Gasteiger partial charge in [-0.05, 0) is 12.1 Å². The van der Waals surface area contributed by atoms with E-state index >= 15 is 0 Å². The van der Waals surface area contributed by atoms with Crippen LogP contribution in [0.25, 0.3) is 0 Å². The molecular formula is C9H9Cl3N2. The lowest BCUT2D eigenvalue weighted by atomic mass is 10.2. The van der Waals surface area contributed by atoms with E-state index < -0.39 is 0 Å². The van der Waals surface area contributed by atoms with Gasteiger partial charge in [0, 0.05) is 19.7 Å². The van der Waals surface area contributed by atoms with Gasteiger partial charge in [0.2, 0.25) is 0 Å². The van der Waals surface area contributed by atoms with E-state index in [4.69, 9.17) is 34.8 Å². The molecule has 0 saturated heterocycles. The van der Waals surface area contributed by atoms with Gasteiger partial charge < -0.3 is 5.01 Å². The largest absolute Gasteiger partial charge is 0.303 e. The minimum absolute atomic E-state index is 0.421. The molecule has 14 heavy (non-hydrogen) atoms. The van der Waals surface area contributed by atoms with Gasteiger partial charge in [-0.3, -0.25) is 0 Å². The summed E-state index contributed by atoms with van der Waals surface area (Å²) < 4.78 is 0. The standard InChI is InChI=1S/C9H9Cl3N2/c1-14(2)13-5-6-7(10)3-4-8(11)9(6)12/h3-5H,1-2H3. The number of halogens is 3. The van der Waals surface area contributed by atoms with Crippen molar-refractivity contribution in [2.75, 3.05) is 14.1 Å². The van der Waals surface area contributed by atoms with E-state index in [-0.39, 0.29) is 0 Å². The maximum atomic E-state index is 5.96. The molecule has 76 valence electrons. The summed E-state index contributed by atoms with van der Waals surface area (Å²) in [7, 11) is 3.62. The summed E-state index contributed by atoms with van der Waals surface area (Å²) >= 11 is 17.7. The number of nitrogens with zero attached hydrogens (tertiary/aromatic N) is 2. The molecule has 0 fully saturated rings. The Kier molecular flexibility index (Phi) is 4.05. The lowest BCUT2D eigenvalue weighted by Crippen LogP contribution is -2.02. The molecule has 1 aromatic rings. The second kappa shape index (κ2) is 4.87. The molecule has 0 N–H and O–H groups in total. The van der Waals surface area contributed by atoms with Crippen molar-refractivity contribution in [1.82, 2.24) is 5.01 Å². The molecule has 0 saturated carbocycles. The van der Waals surface area contributed by atoms with Crippen molar-refractivity contribution in [2.45, 2.75) is 0 Å². The third-order valence-electron chi connectivity index (χ3n) is 1.50. The van der Waals surface area contributed by atoms with E-state index in [1.165, 1.54) is 0 Å². The molecule has 0 amide bonds. The second-order valence-corrected chi connectivity index (χ2v) is 4.04. The maximum Gasteiger partial charge on any atom is 0.0695 e. The molecule has 0 heterocycles. The predicted molar refractivity (Wildman–Crippen MR) is 62.8 cm³/mol. The average molecular weight is 252 g/mol. The Bertz CT molecular complexity index is 361. The Morgan fingerprint density at radius 3 is 2.29 bits per heavy atom. The van der Waals surface area contributed by atoms with Gasteiger partial charge in [0.05, 0.1) is 21.3 Å². The van der Waals surface area contributed by atoms with Crippen LogP contribution in [0.4, 0.5) is 0 Å². The molecule has 0 aliphatic carbocycles. The van der Waals surface area contributed by atoms with Gasteiger partial charge in [0.15, 0.2) is 0 Å². The van der Waals surface area contributed by atoms with Gasteiger partial charge in [-0.2, -0.15) is 5.10 Å². The lowest BCUT2D eigenvalue weighted by Gasteiger charge is -2.05. The van der Waals surface area contributed by atoms with Crippen LogP contribution in [0.15, 0.2) is 17.2 Å². The van der Waals surface area contributed by atoms with E-state index in [1.54, 1.807) is 23.4 Å². The van der Waals surface area contributed by atoms with Gasteiger partial charge in [-0.25, -0.2) is 0 Å². The topological polar surface area (TPSA) is 15.6 Å². The monoisotopic (exact) mass is 250 g/mol. The first kappa shape index (κ1) is 11.6. The zero-order chi connectivity index (χ0) is 10.7.